The van der Waals surface area contributed by atoms with Crippen LogP contribution in [0.3, 0.4) is 0 Å². The molecule has 0 aliphatic rings. The van der Waals surface area contributed by atoms with E-state index in [-0.39, 0.29) is 56.3 Å². The Morgan fingerprint density at radius 2 is 1.31 bits per heavy atom. The molecular formula is C24H35KO3S. The zero-order valence-electron chi connectivity index (χ0n) is 18.5. The van der Waals surface area contributed by atoms with Gasteiger partial charge in [-0.15, -0.1) is 0 Å². The van der Waals surface area contributed by atoms with Crippen LogP contribution < -0.4 is 51.4 Å². The summed E-state index contributed by atoms with van der Waals surface area (Å²) in [5, 5.41) is 1.96. The Kier molecular flexibility index (Phi) is 13.5. The van der Waals surface area contributed by atoms with Crippen molar-refractivity contribution in [3.63, 3.8) is 0 Å². The minimum absolute atomic E-state index is 0. The van der Waals surface area contributed by atoms with E-state index in [2.05, 4.69) is 32.0 Å². The molecule has 5 heteroatoms. The third-order valence-electron chi connectivity index (χ3n) is 5.52. The van der Waals surface area contributed by atoms with E-state index in [1.807, 2.05) is 0 Å². The van der Waals surface area contributed by atoms with Crippen LogP contribution in [-0.4, -0.2) is 13.0 Å². The average molecular weight is 443 g/mol. The molecule has 0 fully saturated rings. The second kappa shape index (κ2) is 14.3. The normalized spacial score (nSPS) is 11.6. The zero-order valence-corrected chi connectivity index (χ0v) is 22.4. The van der Waals surface area contributed by atoms with Crippen LogP contribution in [-0.2, 0) is 23.0 Å². The maximum atomic E-state index is 11.8. The van der Waals surface area contributed by atoms with Crippen LogP contribution in [0.5, 0.6) is 0 Å². The first-order valence-electron chi connectivity index (χ1n) is 11.0. The molecule has 29 heavy (non-hydrogen) atoms. The summed E-state index contributed by atoms with van der Waals surface area (Å²) in [5.41, 5.74) is 1.95. The number of hydrogen-bond donors (Lipinski definition) is 0. The van der Waals surface area contributed by atoms with Crippen LogP contribution in [0.15, 0.2) is 35.2 Å². The number of benzene rings is 2. The second-order valence-corrected chi connectivity index (χ2v) is 9.23. The van der Waals surface area contributed by atoms with Crippen molar-refractivity contribution in [3.8, 4) is 0 Å². The monoisotopic (exact) mass is 442 g/mol. The first-order chi connectivity index (χ1) is 13.5. The summed E-state index contributed by atoms with van der Waals surface area (Å²) in [4.78, 5) is -0.0319. The third-order valence-corrected chi connectivity index (χ3v) is 6.44. The number of hydrogen-bond acceptors (Lipinski definition) is 3. The molecular weight excluding hydrogens is 407 g/mol. The van der Waals surface area contributed by atoms with Crippen molar-refractivity contribution in [2.75, 3.05) is 0 Å². The van der Waals surface area contributed by atoms with Gasteiger partial charge in [0, 0.05) is 0 Å². The van der Waals surface area contributed by atoms with Crippen LogP contribution in [0.25, 0.3) is 10.8 Å². The van der Waals surface area contributed by atoms with Gasteiger partial charge in [-0.3, -0.25) is 0 Å². The Balaban J connectivity index is 0.00000420. The van der Waals surface area contributed by atoms with E-state index in [9.17, 15) is 13.0 Å². The van der Waals surface area contributed by atoms with Gasteiger partial charge in [-0.25, -0.2) is 8.42 Å². The zero-order chi connectivity index (χ0) is 20.4. The van der Waals surface area contributed by atoms with Crippen molar-refractivity contribution in [1.29, 1.82) is 0 Å². The summed E-state index contributed by atoms with van der Waals surface area (Å²) in [5.74, 6) is 0. The van der Waals surface area contributed by atoms with E-state index in [1.54, 1.807) is 6.07 Å². The fraction of sp³-hybridized carbons (Fsp3) is 0.583. The molecule has 0 spiro atoms. The molecule has 0 radical (unpaired) electrons. The van der Waals surface area contributed by atoms with Gasteiger partial charge in [0.2, 0.25) is 0 Å². The van der Waals surface area contributed by atoms with Gasteiger partial charge in [0.25, 0.3) is 0 Å². The van der Waals surface area contributed by atoms with Gasteiger partial charge < -0.3 is 4.55 Å². The molecule has 0 aliphatic carbocycles. The Morgan fingerprint density at radius 1 is 0.759 bits per heavy atom. The molecule has 0 saturated heterocycles. The van der Waals surface area contributed by atoms with Crippen molar-refractivity contribution in [2.24, 2.45) is 0 Å². The van der Waals surface area contributed by atoms with E-state index >= 15 is 0 Å². The molecule has 3 nitrogen and oxygen atoms in total. The molecule has 0 heterocycles. The van der Waals surface area contributed by atoms with Gasteiger partial charge in [-0.2, -0.15) is 0 Å². The quantitative estimate of drug-likeness (QED) is 0.269. The van der Waals surface area contributed by atoms with E-state index in [4.69, 9.17) is 0 Å². The first-order valence-corrected chi connectivity index (χ1v) is 12.4. The Hall–Kier alpha value is 0.246. The molecule has 0 aromatic heterocycles. The van der Waals surface area contributed by atoms with Crippen molar-refractivity contribution in [2.45, 2.75) is 95.8 Å². The van der Waals surface area contributed by atoms with Crippen molar-refractivity contribution < 1.29 is 64.4 Å². The summed E-state index contributed by atoms with van der Waals surface area (Å²) < 4.78 is 35.5. The SMILES string of the molecule is CCCCCCCc1ccc2ccc(S(=O)(=O)[O-])c(CCCCCCC)c2c1.[K+]. The Labute approximate surface area is 220 Å². The minimum Gasteiger partial charge on any atom is -0.744 e. The molecule has 0 saturated carbocycles. The molecule has 0 atom stereocenters. The minimum atomic E-state index is -4.46. The molecule has 2 aromatic carbocycles. The average Bonchev–Trinajstić information content (AvgIpc) is 2.66. The van der Waals surface area contributed by atoms with Crippen LogP contribution >= 0.6 is 0 Å². The van der Waals surface area contributed by atoms with Crippen LogP contribution in [0, 0.1) is 0 Å². The summed E-state index contributed by atoms with van der Waals surface area (Å²) in [7, 11) is -4.46. The smallest absolute Gasteiger partial charge is 0.744 e. The predicted molar refractivity (Wildman–Crippen MR) is 117 cm³/mol. The third kappa shape index (κ3) is 9.10. The summed E-state index contributed by atoms with van der Waals surface area (Å²) in [6.07, 6.45) is 13.3. The van der Waals surface area contributed by atoms with Gasteiger partial charge in [0.1, 0.15) is 10.1 Å². The molecule has 0 N–H and O–H groups in total. The number of unbranched alkanes of at least 4 members (excludes halogenated alkanes) is 8. The van der Waals surface area contributed by atoms with Gasteiger partial charge >= 0.3 is 51.4 Å². The van der Waals surface area contributed by atoms with Gasteiger partial charge in [-0.05, 0) is 53.6 Å². The Bertz CT molecular complexity index is 847. The molecule has 2 aromatic rings. The van der Waals surface area contributed by atoms with E-state index in [0.29, 0.717) is 6.42 Å². The maximum absolute atomic E-state index is 11.8. The second-order valence-electron chi connectivity index (χ2n) is 7.88. The van der Waals surface area contributed by atoms with Gasteiger partial charge in [0.05, 0.1) is 4.90 Å². The van der Waals surface area contributed by atoms with Crippen molar-refractivity contribution in [3.05, 3.63) is 41.5 Å². The maximum Gasteiger partial charge on any atom is 1.00 e. The molecule has 0 aliphatic heterocycles. The largest absolute Gasteiger partial charge is 1.00 e. The van der Waals surface area contributed by atoms with Crippen LogP contribution in [0.1, 0.15) is 89.2 Å². The van der Waals surface area contributed by atoms with Gasteiger partial charge in [-0.1, -0.05) is 89.5 Å². The fourth-order valence-electron chi connectivity index (χ4n) is 3.89. The fourth-order valence-corrected chi connectivity index (χ4v) is 4.64. The first kappa shape index (κ1) is 27.3. The topological polar surface area (TPSA) is 57.2 Å². The molecule has 0 amide bonds. The van der Waals surface area contributed by atoms with Gasteiger partial charge in [0.15, 0.2) is 0 Å². The number of rotatable bonds is 13. The predicted octanol–water partition coefficient (Wildman–Crippen LogP) is 3.77. The Morgan fingerprint density at radius 3 is 1.90 bits per heavy atom. The standard InChI is InChI=1S/C24H36O3S.K/c1-3-5-7-9-11-13-20-15-16-21-17-18-24(28(25,26)27)22(23(21)19-20)14-12-10-8-6-4-2;/h15-19H,3-14H2,1-2H3,(H,25,26,27);/q;+1/p-1. The molecule has 0 unspecified atom stereocenters. The molecule has 0 bridgehead atoms. The van der Waals surface area contributed by atoms with Crippen molar-refractivity contribution in [1.82, 2.24) is 0 Å². The molecule has 156 valence electrons. The summed E-state index contributed by atoms with van der Waals surface area (Å²) in [6, 6.07) is 9.59. The van der Waals surface area contributed by atoms with Crippen LogP contribution in [0.2, 0.25) is 0 Å². The molecule has 2 rings (SSSR count). The van der Waals surface area contributed by atoms with E-state index in [1.165, 1.54) is 50.2 Å². The number of fused-ring (bicyclic) bond motifs is 1. The summed E-state index contributed by atoms with van der Waals surface area (Å²) in [6.45, 7) is 4.39. The van der Waals surface area contributed by atoms with E-state index in [0.717, 1.165) is 48.4 Å². The number of aryl methyl sites for hydroxylation is 2. The summed E-state index contributed by atoms with van der Waals surface area (Å²) >= 11 is 0. The van der Waals surface area contributed by atoms with E-state index < -0.39 is 10.1 Å². The van der Waals surface area contributed by atoms with Crippen LogP contribution in [0.4, 0.5) is 0 Å². The van der Waals surface area contributed by atoms with Crippen molar-refractivity contribution >= 4 is 20.9 Å².